The summed E-state index contributed by atoms with van der Waals surface area (Å²) in [6, 6.07) is 12.5. The third-order valence-electron chi connectivity index (χ3n) is 6.24. The number of carbonyl (C=O) groups is 2. The molecule has 196 valence electrons. The molecule has 0 unspecified atom stereocenters. The lowest BCUT2D eigenvalue weighted by Crippen LogP contribution is -2.24. The van der Waals surface area contributed by atoms with E-state index in [1.165, 1.54) is 6.07 Å². The van der Waals surface area contributed by atoms with Crippen molar-refractivity contribution >= 4 is 40.7 Å². The number of pyridine rings is 1. The van der Waals surface area contributed by atoms with Crippen molar-refractivity contribution in [2.24, 2.45) is 4.99 Å². The smallest absolute Gasteiger partial charge is 0.256 e. The van der Waals surface area contributed by atoms with Gasteiger partial charge in [-0.1, -0.05) is 30.4 Å². The minimum absolute atomic E-state index is 0.0423. The molecule has 3 aromatic rings. The molecule has 3 N–H and O–H groups in total. The molecule has 0 atom stereocenters. The van der Waals surface area contributed by atoms with E-state index in [4.69, 9.17) is 0 Å². The Hall–Kier alpha value is -4.92. The largest absolute Gasteiger partial charge is 0.366 e. The van der Waals surface area contributed by atoms with E-state index < -0.39 is 17.5 Å². The summed E-state index contributed by atoms with van der Waals surface area (Å²) in [7, 11) is 0. The lowest BCUT2D eigenvalue weighted by molar-refractivity contribution is -0.110. The summed E-state index contributed by atoms with van der Waals surface area (Å²) >= 11 is 0. The van der Waals surface area contributed by atoms with Gasteiger partial charge in [-0.2, -0.15) is 0 Å². The third kappa shape index (κ3) is 5.98. The molecule has 0 spiro atoms. The van der Waals surface area contributed by atoms with Crippen molar-refractivity contribution < 1.29 is 18.4 Å². The monoisotopic (exact) mass is 525 g/mol. The Morgan fingerprint density at radius 3 is 2.79 bits per heavy atom. The number of halogens is 2. The number of rotatable bonds is 8. The van der Waals surface area contributed by atoms with E-state index >= 15 is 0 Å². The topological polar surface area (TPSA) is 95.5 Å². The van der Waals surface area contributed by atoms with Crippen LogP contribution in [-0.2, 0) is 11.3 Å². The molecule has 0 fully saturated rings. The van der Waals surface area contributed by atoms with E-state index in [1.54, 1.807) is 18.3 Å². The lowest BCUT2D eigenvalue weighted by atomic mass is 10.0. The maximum Gasteiger partial charge on any atom is 0.256 e. The Bertz CT molecular complexity index is 1590. The summed E-state index contributed by atoms with van der Waals surface area (Å²) in [5.74, 6) is -2.06. The van der Waals surface area contributed by atoms with Crippen LogP contribution >= 0.6 is 0 Å². The average molecular weight is 526 g/mol. The summed E-state index contributed by atoms with van der Waals surface area (Å²) in [6.45, 7) is 2.44. The number of aliphatic imine (C=N–C) groups is 1. The van der Waals surface area contributed by atoms with Crippen molar-refractivity contribution in [3.8, 4) is 0 Å². The van der Waals surface area contributed by atoms with Gasteiger partial charge in [-0.15, -0.1) is 0 Å². The number of carbonyl (C=O) groups excluding carboxylic acids is 2. The number of anilines is 2. The maximum absolute atomic E-state index is 13.4. The predicted molar refractivity (Wildman–Crippen MR) is 148 cm³/mol. The van der Waals surface area contributed by atoms with E-state index in [9.17, 15) is 18.4 Å². The number of benzene rings is 2. The molecule has 0 aliphatic carbocycles. The number of nitrogens with one attached hydrogen (secondary N) is 3. The molecule has 0 bridgehead atoms. The van der Waals surface area contributed by atoms with Gasteiger partial charge >= 0.3 is 0 Å². The fraction of sp³-hybridized carbons (Fsp3) is 0.133. The number of nitrogens with zero attached hydrogens (tertiary/aromatic N) is 2. The summed E-state index contributed by atoms with van der Waals surface area (Å²) in [6.07, 6.45) is 9.76. The van der Waals surface area contributed by atoms with Crippen LogP contribution < -0.4 is 16.0 Å². The SMILES string of the molecule is CC1=CN=C(/C=C2\C(=O)Nc3cc(/C=C/CNc4ncccc4C(=O)NCc4ccc(F)c(F)c4)ccc32)C1. The molecule has 0 saturated heterocycles. The van der Waals surface area contributed by atoms with Gasteiger partial charge in [-0.3, -0.25) is 14.6 Å². The van der Waals surface area contributed by atoms with Crippen LogP contribution in [0.3, 0.4) is 0 Å². The molecule has 1 aromatic heterocycles. The van der Waals surface area contributed by atoms with E-state index in [1.807, 2.05) is 49.6 Å². The van der Waals surface area contributed by atoms with Crippen molar-refractivity contribution in [3.05, 3.63) is 113 Å². The zero-order valence-corrected chi connectivity index (χ0v) is 21.1. The highest BCUT2D eigenvalue weighted by molar-refractivity contribution is 6.34. The van der Waals surface area contributed by atoms with Crippen LogP contribution in [0.25, 0.3) is 11.6 Å². The van der Waals surface area contributed by atoms with E-state index in [0.717, 1.165) is 46.7 Å². The first kappa shape index (κ1) is 25.7. The Morgan fingerprint density at radius 2 is 2.00 bits per heavy atom. The van der Waals surface area contributed by atoms with Gasteiger partial charge in [0, 0.05) is 48.9 Å². The van der Waals surface area contributed by atoms with Gasteiger partial charge in [-0.25, -0.2) is 13.8 Å². The van der Waals surface area contributed by atoms with Crippen molar-refractivity contribution in [1.29, 1.82) is 0 Å². The van der Waals surface area contributed by atoms with E-state index in [0.29, 0.717) is 29.1 Å². The number of fused-ring (bicyclic) bond motifs is 1. The van der Waals surface area contributed by atoms with Crippen LogP contribution in [0.5, 0.6) is 0 Å². The zero-order valence-electron chi connectivity index (χ0n) is 21.1. The molecule has 2 amide bonds. The molecule has 2 aromatic carbocycles. The fourth-order valence-corrected chi connectivity index (χ4v) is 4.29. The first-order valence-electron chi connectivity index (χ1n) is 12.3. The Morgan fingerprint density at radius 1 is 1.13 bits per heavy atom. The predicted octanol–water partition coefficient (Wildman–Crippen LogP) is 5.50. The Balaban J connectivity index is 1.19. The van der Waals surface area contributed by atoms with Crippen LogP contribution in [0, 0.1) is 11.6 Å². The van der Waals surface area contributed by atoms with Crippen molar-refractivity contribution in [2.45, 2.75) is 19.9 Å². The summed E-state index contributed by atoms with van der Waals surface area (Å²) < 4.78 is 26.6. The second kappa shape index (κ2) is 11.2. The van der Waals surface area contributed by atoms with Crippen molar-refractivity contribution in [3.63, 3.8) is 0 Å². The van der Waals surface area contributed by atoms with E-state index in [-0.39, 0.29) is 12.5 Å². The van der Waals surface area contributed by atoms with Crippen LogP contribution in [-0.4, -0.2) is 29.1 Å². The summed E-state index contributed by atoms with van der Waals surface area (Å²) in [5.41, 5.74) is 5.89. The Kier molecular flexibility index (Phi) is 7.40. The minimum Gasteiger partial charge on any atom is -0.366 e. The normalized spacial score (nSPS) is 15.3. The van der Waals surface area contributed by atoms with Crippen LogP contribution in [0.2, 0.25) is 0 Å². The molecule has 9 heteroatoms. The number of allylic oxidation sites excluding steroid dienone is 2. The van der Waals surface area contributed by atoms with Gasteiger partial charge in [-0.05, 0) is 60.0 Å². The van der Waals surface area contributed by atoms with Crippen molar-refractivity contribution in [2.75, 3.05) is 17.2 Å². The molecule has 0 saturated carbocycles. The molecule has 5 rings (SSSR count). The number of amides is 2. The van der Waals surface area contributed by atoms with Gasteiger partial charge in [0.2, 0.25) is 0 Å². The van der Waals surface area contributed by atoms with Gasteiger partial charge < -0.3 is 16.0 Å². The number of hydrogen-bond acceptors (Lipinski definition) is 5. The molecule has 7 nitrogen and oxygen atoms in total. The van der Waals surface area contributed by atoms with Gasteiger partial charge in [0.1, 0.15) is 5.82 Å². The quantitative estimate of drug-likeness (QED) is 0.339. The van der Waals surface area contributed by atoms with Gasteiger partial charge in [0.25, 0.3) is 11.8 Å². The van der Waals surface area contributed by atoms with Crippen molar-refractivity contribution in [1.82, 2.24) is 10.3 Å². The average Bonchev–Trinajstić information content (AvgIpc) is 3.48. The number of hydrogen-bond donors (Lipinski definition) is 3. The van der Waals surface area contributed by atoms with E-state index in [2.05, 4.69) is 25.9 Å². The highest BCUT2D eigenvalue weighted by atomic mass is 19.2. The second-order valence-corrected chi connectivity index (χ2v) is 9.20. The van der Waals surface area contributed by atoms with Crippen LogP contribution in [0.4, 0.5) is 20.3 Å². The summed E-state index contributed by atoms with van der Waals surface area (Å²) in [4.78, 5) is 33.8. The third-order valence-corrected chi connectivity index (χ3v) is 6.24. The molecule has 3 heterocycles. The zero-order chi connectivity index (χ0) is 27.4. The molecular formula is C30H25F2N5O2. The lowest BCUT2D eigenvalue weighted by Gasteiger charge is -2.10. The van der Waals surface area contributed by atoms with Gasteiger partial charge in [0.15, 0.2) is 11.6 Å². The summed E-state index contributed by atoms with van der Waals surface area (Å²) in [5, 5.41) is 8.74. The first-order valence-corrected chi connectivity index (χ1v) is 12.3. The van der Waals surface area contributed by atoms with Gasteiger partial charge in [0.05, 0.1) is 11.1 Å². The molecule has 2 aliphatic heterocycles. The minimum atomic E-state index is -0.966. The highest BCUT2D eigenvalue weighted by Gasteiger charge is 2.25. The molecular weight excluding hydrogens is 500 g/mol. The highest BCUT2D eigenvalue weighted by Crippen LogP contribution is 2.33. The molecule has 0 radical (unpaired) electrons. The number of aromatic nitrogens is 1. The fourth-order valence-electron chi connectivity index (χ4n) is 4.29. The van der Waals surface area contributed by atoms with Crippen LogP contribution in [0.1, 0.15) is 40.4 Å². The standard InChI is InChI=1S/C30H25F2N5O2/c1-18-12-21(35-16-18)15-24-22-8-6-19(14-27(22)37-30(24)39)4-2-10-33-28-23(5-3-11-34-28)29(38)36-17-20-7-9-25(31)26(32)13-20/h2-9,11,13-16H,10,12,17H2,1H3,(H,33,34)(H,36,38)(H,37,39)/b4-2+,24-15-. The van der Waals surface area contributed by atoms with Crippen LogP contribution in [0.15, 0.2) is 83.6 Å². The first-order chi connectivity index (χ1) is 18.9. The maximum atomic E-state index is 13.4. The molecule has 2 aliphatic rings. The Labute approximate surface area is 224 Å². The molecule has 39 heavy (non-hydrogen) atoms. The second-order valence-electron chi connectivity index (χ2n) is 9.20.